The van der Waals surface area contributed by atoms with Crippen LogP contribution in [0.1, 0.15) is 30.3 Å². The lowest BCUT2D eigenvalue weighted by molar-refractivity contribution is 0.0691. The molecule has 1 heterocycles. The Morgan fingerprint density at radius 2 is 2.10 bits per heavy atom. The zero-order valence-electron chi connectivity index (χ0n) is 10.8. The van der Waals surface area contributed by atoms with Gasteiger partial charge in [-0.3, -0.25) is 0 Å². The summed E-state index contributed by atoms with van der Waals surface area (Å²) in [4.78, 5) is 11.3. The number of aryl methyl sites for hydroxylation is 1. The molecule has 0 fully saturated rings. The molecule has 1 N–H and O–H groups in total. The second-order valence-corrected chi connectivity index (χ2v) is 5.11. The summed E-state index contributed by atoms with van der Waals surface area (Å²) in [6, 6.07) is 4.96. The Balaban J connectivity index is 2.53. The number of rotatable bonds is 5. The van der Waals surface area contributed by atoms with Crippen LogP contribution in [-0.2, 0) is 6.54 Å². The predicted molar refractivity (Wildman–Crippen MR) is 77.3 cm³/mol. The maximum atomic E-state index is 11.3. The van der Waals surface area contributed by atoms with Gasteiger partial charge in [-0.2, -0.15) is 0 Å². The molecule has 2 rings (SSSR count). The van der Waals surface area contributed by atoms with Crippen molar-refractivity contribution in [1.29, 1.82) is 0 Å². The van der Waals surface area contributed by atoms with E-state index >= 15 is 0 Å². The first-order valence-electron chi connectivity index (χ1n) is 6.16. The average Bonchev–Trinajstić information content (AvgIpc) is 2.83. The van der Waals surface area contributed by atoms with Gasteiger partial charge in [0, 0.05) is 12.1 Å². The number of carboxylic acid groups (broad SMARTS) is 1. The zero-order chi connectivity index (χ0) is 14.7. The second kappa shape index (κ2) is 6.24. The number of hydrogen-bond donors (Lipinski definition) is 1. The number of unbranched alkanes of at least 4 members (excludes halogenated alkanes) is 1. The largest absolute Gasteiger partial charge is 0.476 e. The van der Waals surface area contributed by atoms with Crippen molar-refractivity contribution in [3.05, 3.63) is 33.9 Å². The Morgan fingerprint density at radius 1 is 1.35 bits per heavy atom. The molecule has 7 heteroatoms. The number of carbonyl (C=O) groups is 1. The van der Waals surface area contributed by atoms with Gasteiger partial charge in [-0.05, 0) is 18.6 Å². The van der Waals surface area contributed by atoms with Crippen LogP contribution in [0.15, 0.2) is 18.2 Å². The third-order valence-electron chi connectivity index (χ3n) is 2.85. The van der Waals surface area contributed by atoms with E-state index in [-0.39, 0.29) is 5.69 Å². The van der Waals surface area contributed by atoms with Gasteiger partial charge < -0.3 is 5.11 Å². The molecule has 0 saturated carbocycles. The van der Waals surface area contributed by atoms with Crippen molar-refractivity contribution in [2.24, 2.45) is 0 Å². The van der Waals surface area contributed by atoms with Gasteiger partial charge in [0.2, 0.25) is 0 Å². The molecule has 0 amide bonds. The molecular formula is C13H13Cl2N3O2. The van der Waals surface area contributed by atoms with Crippen molar-refractivity contribution in [3.63, 3.8) is 0 Å². The normalized spacial score (nSPS) is 10.8. The van der Waals surface area contributed by atoms with E-state index in [9.17, 15) is 9.90 Å². The van der Waals surface area contributed by atoms with Crippen LogP contribution in [0.4, 0.5) is 0 Å². The van der Waals surface area contributed by atoms with Crippen LogP contribution in [0, 0.1) is 0 Å². The van der Waals surface area contributed by atoms with E-state index in [1.54, 1.807) is 22.9 Å². The molecule has 1 aromatic heterocycles. The minimum absolute atomic E-state index is 0.0838. The number of carboxylic acids is 1. The standard InChI is InChI=1S/C13H13Cl2N3O2/c1-2-3-6-18-12(11(13(19)20)16-17-18)8-4-5-9(14)10(15)7-8/h4-5,7H,2-3,6H2,1H3,(H,19,20). The van der Waals surface area contributed by atoms with Gasteiger partial charge in [-0.15, -0.1) is 5.10 Å². The van der Waals surface area contributed by atoms with E-state index in [2.05, 4.69) is 10.3 Å². The van der Waals surface area contributed by atoms with Crippen molar-refractivity contribution in [2.45, 2.75) is 26.3 Å². The SMILES string of the molecule is CCCCn1nnc(C(=O)O)c1-c1ccc(Cl)c(Cl)c1. The second-order valence-electron chi connectivity index (χ2n) is 4.30. The summed E-state index contributed by atoms with van der Waals surface area (Å²) in [5.74, 6) is -1.12. The number of halogens is 2. The molecule has 0 atom stereocenters. The van der Waals surface area contributed by atoms with Crippen LogP contribution in [0.3, 0.4) is 0 Å². The molecule has 5 nitrogen and oxygen atoms in total. The molecule has 0 spiro atoms. The van der Waals surface area contributed by atoms with Crippen LogP contribution in [0.25, 0.3) is 11.3 Å². The van der Waals surface area contributed by atoms with E-state index in [1.807, 2.05) is 6.92 Å². The molecule has 0 aliphatic carbocycles. The Morgan fingerprint density at radius 3 is 2.70 bits per heavy atom. The van der Waals surface area contributed by atoms with Crippen LogP contribution in [-0.4, -0.2) is 26.1 Å². The Hall–Kier alpha value is -1.59. The Labute approximate surface area is 126 Å². The molecular weight excluding hydrogens is 301 g/mol. The Bertz CT molecular complexity index is 641. The fraction of sp³-hybridized carbons (Fsp3) is 0.308. The highest BCUT2D eigenvalue weighted by Crippen LogP contribution is 2.30. The first kappa shape index (κ1) is 14.8. The minimum Gasteiger partial charge on any atom is -0.476 e. The smallest absolute Gasteiger partial charge is 0.358 e. The molecule has 0 bridgehead atoms. The lowest BCUT2D eigenvalue weighted by atomic mass is 10.1. The molecule has 0 unspecified atom stereocenters. The average molecular weight is 314 g/mol. The molecule has 20 heavy (non-hydrogen) atoms. The summed E-state index contributed by atoms with van der Waals surface area (Å²) in [7, 11) is 0. The summed E-state index contributed by atoms with van der Waals surface area (Å²) in [6.07, 6.45) is 1.86. The van der Waals surface area contributed by atoms with Crippen molar-refractivity contribution >= 4 is 29.2 Å². The third kappa shape index (κ3) is 2.94. The van der Waals surface area contributed by atoms with E-state index in [0.717, 1.165) is 12.8 Å². The predicted octanol–water partition coefficient (Wildman–Crippen LogP) is 3.75. The highest BCUT2D eigenvalue weighted by Gasteiger charge is 2.20. The number of benzene rings is 1. The summed E-state index contributed by atoms with van der Waals surface area (Å²) in [6.45, 7) is 2.65. The van der Waals surface area contributed by atoms with Crippen molar-refractivity contribution in [3.8, 4) is 11.3 Å². The van der Waals surface area contributed by atoms with Gasteiger partial charge >= 0.3 is 5.97 Å². The van der Waals surface area contributed by atoms with E-state index in [0.29, 0.717) is 27.8 Å². The first-order valence-corrected chi connectivity index (χ1v) is 6.92. The summed E-state index contributed by atoms with van der Waals surface area (Å²) >= 11 is 11.9. The van der Waals surface area contributed by atoms with E-state index < -0.39 is 5.97 Å². The van der Waals surface area contributed by atoms with Gasteiger partial charge in [0.15, 0.2) is 5.69 Å². The van der Waals surface area contributed by atoms with Crippen LogP contribution in [0.2, 0.25) is 10.0 Å². The molecule has 0 aliphatic rings. The van der Waals surface area contributed by atoms with Crippen molar-refractivity contribution in [1.82, 2.24) is 15.0 Å². The fourth-order valence-electron chi connectivity index (χ4n) is 1.85. The maximum Gasteiger partial charge on any atom is 0.358 e. The number of aromatic nitrogens is 3. The summed E-state index contributed by atoms with van der Waals surface area (Å²) < 4.78 is 1.59. The van der Waals surface area contributed by atoms with Crippen molar-refractivity contribution in [2.75, 3.05) is 0 Å². The van der Waals surface area contributed by atoms with Crippen LogP contribution in [0.5, 0.6) is 0 Å². The molecule has 0 radical (unpaired) electrons. The van der Waals surface area contributed by atoms with Gasteiger partial charge in [0.1, 0.15) is 5.69 Å². The third-order valence-corrected chi connectivity index (χ3v) is 3.59. The topological polar surface area (TPSA) is 68.0 Å². The van der Waals surface area contributed by atoms with Gasteiger partial charge in [0.05, 0.1) is 10.0 Å². The number of aromatic carboxylic acids is 1. The van der Waals surface area contributed by atoms with Crippen molar-refractivity contribution < 1.29 is 9.90 Å². The van der Waals surface area contributed by atoms with E-state index in [4.69, 9.17) is 23.2 Å². The molecule has 0 aliphatic heterocycles. The number of hydrogen-bond acceptors (Lipinski definition) is 3. The molecule has 1 aromatic carbocycles. The van der Waals surface area contributed by atoms with Gasteiger partial charge in [0.25, 0.3) is 0 Å². The summed E-state index contributed by atoms with van der Waals surface area (Å²) in [5.41, 5.74) is 1.00. The Kier molecular flexibility index (Phi) is 4.62. The molecule has 106 valence electrons. The van der Waals surface area contributed by atoms with Crippen LogP contribution < -0.4 is 0 Å². The highest BCUT2D eigenvalue weighted by molar-refractivity contribution is 6.42. The maximum absolute atomic E-state index is 11.3. The van der Waals surface area contributed by atoms with Crippen LogP contribution >= 0.6 is 23.2 Å². The monoisotopic (exact) mass is 313 g/mol. The quantitative estimate of drug-likeness (QED) is 0.912. The molecule has 0 saturated heterocycles. The lowest BCUT2D eigenvalue weighted by Crippen LogP contribution is -2.05. The zero-order valence-corrected chi connectivity index (χ0v) is 12.3. The first-order chi connectivity index (χ1) is 9.54. The lowest BCUT2D eigenvalue weighted by Gasteiger charge is -2.07. The van der Waals surface area contributed by atoms with E-state index in [1.165, 1.54) is 0 Å². The van der Waals surface area contributed by atoms with Gasteiger partial charge in [-0.1, -0.05) is 47.8 Å². The summed E-state index contributed by atoms with van der Waals surface area (Å²) in [5, 5.41) is 17.6. The number of nitrogens with zero attached hydrogens (tertiary/aromatic N) is 3. The fourth-order valence-corrected chi connectivity index (χ4v) is 2.15. The minimum atomic E-state index is -1.12. The highest BCUT2D eigenvalue weighted by atomic mass is 35.5. The van der Waals surface area contributed by atoms with Gasteiger partial charge in [-0.25, -0.2) is 9.48 Å². The molecule has 2 aromatic rings.